The molecule has 2 amide bonds. The number of nitrogens with zero attached hydrogens (tertiary/aromatic N) is 2. The first kappa shape index (κ1) is 20.2. The van der Waals surface area contributed by atoms with Crippen LogP contribution in [-0.2, 0) is 16.1 Å². The molecule has 0 spiro atoms. The van der Waals surface area contributed by atoms with Crippen LogP contribution in [0.25, 0.3) is 0 Å². The smallest absolute Gasteiger partial charge is 0.312 e. The highest BCUT2D eigenvalue weighted by atomic mass is 16.2. The minimum Gasteiger partial charge on any atom is -0.334 e. The van der Waals surface area contributed by atoms with Gasteiger partial charge in [0.2, 0.25) is 0 Å². The Morgan fingerprint density at radius 1 is 0.833 bits per heavy atom. The van der Waals surface area contributed by atoms with Gasteiger partial charge < -0.3 is 9.80 Å². The van der Waals surface area contributed by atoms with Gasteiger partial charge in [-0.3, -0.25) is 9.59 Å². The summed E-state index contributed by atoms with van der Waals surface area (Å²) in [7, 11) is 0. The molecule has 4 heteroatoms. The monoisotopic (exact) mass is 332 g/mol. The zero-order chi connectivity index (χ0) is 18.3. The largest absolute Gasteiger partial charge is 0.334 e. The minimum absolute atomic E-state index is 0.0263. The molecular formula is C20H32N2O2. The molecule has 0 aliphatic carbocycles. The lowest BCUT2D eigenvalue weighted by molar-refractivity contribution is -0.153. The summed E-state index contributed by atoms with van der Waals surface area (Å²) in [6.07, 6.45) is 0. The molecule has 134 valence electrons. The van der Waals surface area contributed by atoms with Gasteiger partial charge >= 0.3 is 11.8 Å². The summed E-state index contributed by atoms with van der Waals surface area (Å²) in [5.74, 6) is -0.124. The maximum Gasteiger partial charge on any atom is 0.312 e. The Balaban J connectivity index is 2.92. The molecule has 0 saturated heterocycles. The number of hydrogen-bond acceptors (Lipinski definition) is 2. The molecule has 0 N–H and O–H groups in total. The minimum atomic E-state index is -0.407. The Hall–Kier alpha value is -1.84. The van der Waals surface area contributed by atoms with E-state index in [1.807, 2.05) is 44.2 Å². The number of benzene rings is 1. The molecule has 0 atom stereocenters. The topological polar surface area (TPSA) is 40.6 Å². The quantitative estimate of drug-likeness (QED) is 0.716. The molecule has 0 unspecified atom stereocenters. The Bertz CT molecular complexity index is 514. The van der Waals surface area contributed by atoms with Gasteiger partial charge in [0.05, 0.1) is 0 Å². The average molecular weight is 332 g/mol. The van der Waals surface area contributed by atoms with Gasteiger partial charge in [-0.15, -0.1) is 0 Å². The van der Waals surface area contributed by atoms with Crippen LogP contribution in [-0.4, -0.2) is 40.7 Å². The zero-order valence-corrected chi connectivity index (χ0v) is 16.0. The number of amides is 2. The Labute approximate surface area is 146 Å². The van der Waals surface area contributed by atoms with Crippen molar-refractivity contribution in [2.24, 2.45) is 11.8 Å². The number of carbonyl (C=O) groups excluding carboxylic acids is 2. The molecule has 0 aliphatic rings. The van der Waals surface area contributed by atoms with Crippen LogP contribution in [0.1, 0.15) is 47.1 Å². The maximum absolute atomic E-state index is 12.8. The molecule has 1 aromatic rings. The highest BCUT2D eigenvalue weighted by Gasteiger charge is 2.29. The van der Waals surface area contributed by atoms with Gasteiger partial charge in [0, 0.05) is 25.7 Å². The van der Waals surface area contributed by atoms with Crippen LogP contribution < -0.4 is 0 Å². The summed E-state index contributed by atoms with van der Waals surface area (Å²) in [6.45, 7) is 13.8. The number of rotatable bonds is 7. The molecule has 24 heavy (non-hydrogen) atoms. The van der Waals surface area contributed by atoms with Crippen LogP contribution in [0.4, 0.5) is 0 Å². The van der Waals surface area contributed by atoms with E-state index in [1.165, 1.54) is 0 Å². The Morgan fingerprint density at radius 3 is 1.75 bits per heavy atom. The fourth-order valence-electron chi connectivity index (χ4n) is 2.65. The summed E-state index contributed by atoms with van der Waals surface area (Å²) in [4.78, 5) is 29.0. The lowest BCUT2D eigenvalue weighted by Gasteiger charge is -2.31. The van der Waals surface area contributed by atoms with E-state index in [2.05, 4.69) is 27.7 Å². The molecule has 0 saturated carbocycles. The molecular weight excluding hydrogens is 300 g/mol. The van der Waals surface area contributed by atoms with Crippen molar-refractivity contribution in [1.29, 1.82) is 0 Å². The predicted octanol–water partition coefficient (Wildman–Crippen LogP) is 3.56. The first-order valence-electron chi connectivity index (χ1n) is 8.86. The van der Waals surface area contributed by atoms with E-state index < -0.39 is 5.91 Å². The molecule has 0 bridgehead atoms. The van der Waals surface area contributed by atoms with Crippen LogP contribution in [0, 0.1) is 11.8 Å². The second-order valence-corrected chi connectivity index (χ2v) is 7.51. The van der Waals surface area contributed by atoms with E-state index >= 15 is 0 Å². The molecule has 0 aromatic heterocycles. The van der Waals surface area contributed by atoms with Crippen molar-refractivity contribution in [3.63, 3.8) is 0 Å². The highest BCUT2D eigenvalue weighted by molar-refractivity contribution is 6.34. The predicted molar refractivity (Wildman–Crippen MR) is 98.4 cm³/mol. The van der Waals surface area contributed by atoms with Gasteiger partial charge in [-0.05, 0) is 31.2 Å². The average Bonchev–Trinajstić information content (AvgIpc) is 2.50. The number of hydrogen-bond donors (Lipinski definition) is 0. The maximum atomic E-state index is 12.8. The lowest BCUT2D eigenvalue weighted by Crippen LogP contribution is -2.49. The fourth-order valence-corrected chi connectivity index (χ4v) is 2.65. The van der Waals surface area contributed by atoms with E-state index in [9.17, 15) is 9.59 Å². The molecule has 4 nitrogen and oxygen atoms in total. The standard InChI is InChI=1S/C20H32N2O2/c1-15(2)12-21(13-16(3)4)19(23)20(24)22(17(5)6)14-18-10-8-7-9-11-18/h7-11,15-17H,12-14H2,1-6H3. The van der Waals surface area contributed by atoms with Crippen LogP contribution in [0.2, 0.25) is 0 Å². The SMILES string of the molecule is CC(C)CN(CC(C)C)C(=O)C(=O)N(Cc1ccccc1)C(C)C. The molecule has 0 radical (unpaired) electrons. The molecule has 0 fully saturated rings. The van der Waals surface area contributed by atoms with Gasteiger partial charge in [0.15, 0.2) is 0 Å². The number of carbonyl (C=O) groups is 2. The normalized spacial score (nSPS) is 11.2. The molecule has 0 aliphatic heterocycles. The van der Waals surface area contributed by atoms with Gasteiger partial charge in [0.1, 0.15) is 0 Å². The van der Waals surface area contributed by atoms with E-state index in [1.54, 1.807) is 9.80 Å². The molecule has 0 heterocycles. The van der Waals surface area contributed by atoms with Gasteiger partial charge in [-0.25, -0.2) is 0 Å². The first-order chi connectivity index (χ1) is 11.2. The van der Waals surface area contributed by atoms with Gasteiger partial charge in [-0.2, -0.15) is 0 Å². The molecule has 1 aromatic carbocycles. The fraction of sp³-hybridized carbons (Fsp3) is 0.600. The summed E-state index contributed by atoms with van der Waals surface area (Å²) in [6, 6.07) is 9.78. The van der Waals surface area contributed by atoms with Crippen LogP contribution in [0.3, 0.4) is 0 Å². The summed E-state index contributed by atoms with van der Waals surface area (Å²) >= 11 is 0. The van der Waals surface area contributed by atoms with Crippen LogP contribution in [0.5, 0.6) is 0 Å². The summed E-state index contributed by atoms with van der Waals surface area (Å²) < 4.78 is 0. The van der Waals surface area contributed by atoms with Crippen molar-refractivity contribution in [3.05, 3.63) is 35.9 Å². The van der Waals surface area contributed by atoms with Crippen molar-refractivity contribution in [3.8, 4) is 0 Å². The highest BCUT2D eigenvalue weighted by Crippen LogP contribution is 2.12. The summed E-state index contributed by atoms with van der Waals surface area (Å²) in [5.41, 5.74) is 1.03. The second kappa shape index (κ2) is 9.45. The van der Waals surface area contributed by atoms with E-state index in [0.717, 1.165) is 5.56 Å². The van der Waals surface area contributed by atoms with Gasteiger partial charge in [-0.1, -0.05) is 58.0 Å². The van der Waals surface area contributed by atoms with Crippen LogP contribution >= 0.6 is 0 Å². The van der Waals surface area contributed by atoms with Crippen molar-refractivity contribution in [1.82, 2.24) is 9.80 Å². The van der Waals surface area contributed by atoms with Crippen molar-refractivity contribution in [2.45, 2.75) is 54.1 Å². The van der Waals surface area contributed by atoms with E-state index in [4.69, 9.17) is 0 Å². The lowest BCUT2D eigenvalue weighted by atomic mass is 10.1. The molecule has 1 rings (SSSR count). The van der Waals surface area contributed by atoms with Crippen molar-refractivity contribution in [2.75, 3.05) is 13.1 Å². The Kier molecular flexibility index (Phi) is 7.96. The van der Waals surface area contributed by atoms with E-state index in [-0.39, 0.29) is 11.9 Å². The zero-order valence-electron chi connectivity index (χ0n) is 16.0. The summed E-state index contributed by atoms with van der Waals surface area (Å²) in [5, 5.41) is 0. The third-order valence-electron chi connectivity index (χ3n) is 3.72. The third kappa shape index (κ3) is 6.34. The van der Waals surface area contributed by atoms with Crippen molar-refractivity contribution >= 4 is 11.8 Å². The first-order valence-corrected chi connectivity index (χ1v) is 8.86. The van der Waals surface area contributed by atoms with Crippen molar-refractivity contribution < 1.29 is 9.59 Å². The third-order valence-corrected chi connectivity index (χ3v) is 3.72. The Morgan fingerprint density at radius 2 is 1.33 bits per heavy atom. The van der Waals surface area contributed by atoms with Crippen LogP contribution in [0.15, 0.2) is 30.3 Å². The van der Waals surface area contributed by atoms with Gasteiger partial charge in [0.25, 0.3) is 0 Å². The van der Waals surface area contributed by atoms with E-state index in [0.29, 0.717) is 31.5 Å². The second-order valence-electron chi connectivity index (χ2n) is 7.51.